The molecule has 1 heterocycles. The highest BCUT2D eigenvalue weighted by atomic mass is 32.2. The first-order valence-corrected chi connectivity index (χ1v) is 6.84. The topological polar surface area (TPSA) is 57.6 Å². The summed E-state index contributed by atoms with van der Waals surface area (Å²) in [5.74, 6) is -2.27. The van der Waals surface area contributed by atoms with E-state index in [9.17, 15) is 22.8 Å². The Morgan fingerprint density at radius 1 is 1.42 bits per heavy atom. The van der Waals surface area contributed by atoms with Crippen molar-refractivity contribution in [2.24, 2.45) is 5.41 Å². The van der Waals surface area contributed by atoms with Crippen LogP contribution in [-0.4, -0.2) is 52.2 Å². The van der Waals surface area contributed by atoms with Crippen LogP contribution in [0.2, 0.25) is 0 Å². The Morgan fingerprint density at radius 2 is 2.00 bits per heavy atom. The molecule has 1 aliphatic rings. The van der Waals surface area contributed by atoms with E-state index >= 15 is 0 Å². The second-order valence-electron chi connectivity index (χ2n) is 4.81. The van der Waals surface area contributed by atoms with E-state index in [2.05, 4.69) is 0 Å². The van der Waals surface area contributed by atoms with Gasteiger partial charge >= 0.3 is 12.1 Å². The van der Waals surface area contributed by atoms with Crippen LogP contribution in [0.3, 0.4) is 0 Å². The number of likely N-dealkylation sites (tertiary alicyclic amines) is 1. The molecular weight excluding hydrogens is 283 g/mol. The van der Waals surface area contributed by atoms with Crippen molar-refractivity contribution in [2.45, 2.75) is 31.7 Å². The Balaban J connectivity index is 2.75. The fourth-order valence-corrected chi connectivity index (χ4v) is 2.54. The molecule has 1 atom stereocenters. The summed E-state index contributed by atoms with van der Waals surface area (Å²) in [6.07, 6.45) is -5.43. The van der Waals surface area contributed by atoms with Crippen LogP contribution in [-0.2, 0) is 9.59 Å². The lowest BCUT2D eigenvalue weighted by Crippen LogP contribution is -2.48. The van der Waals surface area contributed by atoms with E-state index in [0.29, 0.717) is 0 Å². The molecule has 110 valence electrons. The third kappa shape index (κ3) is 3.34. The minimum absolute atomic E-state index is 0.0746. The summed E-state index contributed by atoms with van der Waals surface area (Å²) in [4.78, 5) is 23.7. The Kier molecular flexibility index (Phi) is 4.76. The average Bonchev–Trinajstić information content (AvgIpc) is 2.71. The van der Waals surface area contributed by atoms with Gasteiger partial charge in [-0.3, -0.25) is 9.59 Å². The zero-order valence-electron chi connectivity index (χ0n) is 10.7. The second-order valence-corrected chi connectivity index (χ2v) is 6.37. The van der Waals surface area contributed by atoms with Gasteiger partial charge in [0.05, 0.1) is 5.75 Å². The summed E-state index contributed by atoms with van der Waals surface area (Å²) < 4.78 is 38.7. The summed E-state index contributed by atoms with van der Waals surface area (Å²) >= 11 is 1.32. The number of nitrogens with zero attached hydrogens (tertiary/aromatic N) is 1. The first-order valence-electron chi connectivity index (χ1n) is 5.79. The van der Waals surface area contributed by atoms with Gasteiger partial charge < -0.3 is 10.0 Å². The van der Waals surface area contributed by atoms with Crippen molar-refractivity contribution < 1.29 is 27.9 Å². The smallest absolute Gasteiger partial charge is 0.406 e. The zero-order chi connectivity index (χ0) is 14.8. The van der Waals surface area contributed by atoms with E-state index in [-0.39, 0.29) is 17.5 Å². The molecule has 19 heavy (non-hydrogen) atoms. The monoisotopic (exact) mass is 299 g/mol. The number of carboxylic acid groups (broad SMARTS) is 1. The van der Waals surface area contributed by atoms with Crippen LogP contribution in [0, 0.1) is 5.41 Å². The highest BCUT2D eigenvalue weighted by molar-refractivity contribution is 8.00. The number of halogens is 3. The molecule has 0 radical (unpaired) electrons. The maximum absolute atomic E-state index is 12.9. The molecule has 0 saturated carbocycles. The molecule has 1 aliphatic heterocycles. The molecule has 0 bridgehead atoms. The number of carbonyl (C=O) groups excluding carboxylic acids is 1. The van der Waals surface area contributed by atoms with Crippen molar-refractivity contribution in [1.29, 1.82) is 0 Å². The van der Waals surface area contributed by atoms with Gasteiger partial charge in [0.25, 0.3) is 0 Å². The van der Waals surface area contributed by atoms with Crippen molar-refractivity contribution in [2.75, 3.05) is 18.8 Å². The van der Waals surface area contributed by atoms with Crippen LogP contribution < -0.4 is 0 Å². The minimum atomic E-state index is -4.85. The van der Waals surface area contributed by atoms with Crippen LogP contribution in [0.4, 0.5) is 13.2 Å². The third-order valence-electron chi connectivity index (χ3n) is 3.11. The number of rotatable bonds is 4. The van der Waals surface area contributed by atoms with Gasteiger partial charge in [0, 0.05) is 13.1 Å². The zero-order valence-corrected chi connectivity index (χ0v) is 11.5. The molecule has 1 N–H and O–H groups in total. The molecule has 1 saturated heterocycles. The Morgan fingerprint density at radius 3 is 2.37 bits per heavy atom. The lowest BCUT2D eigenvalue weighted by atomic mass is 9.86. The van der Waals surface area contributed by atoms with Gasteiger partial charge in [0.2, 0.25) is 5.91 Å². The molecule has 1 unspecified atom stereocenters. The number of carboxylic acids is 1. The fraction of sp³-hybridized carbons (Fsp3) is 0.818. The van der Waals surface area contributed by atoms with E-state index in [4.69, 9.17) is 5.11 Å². The molecular formula is C11H16F3NO3S. The summed E-state index contributed by atoms with van der Waals surface area (Å²) in [6, 6.07) is 0. The van der Waals surface area contributed by atoms with Gasteiger partial charge in [0.15, 0.2) is 5.41 Å². The quantitative estimate of drug-likeness (QED) is 0.862. The Labute approximate surface area is 113 Å². The summed E-state index contributed by atoms with van der Waals surface area (Å²) in [7, 11) is 0. The van der Waals surface area contributed by atoms with E-state index in [1.165, 1.54) is 11.8 Å². The first-order chi connectivity index (χ1) is 8.60. The fourth-order valence-electron chi connectivity index (χ4n) is 1.88. The standard InChI is InChI=1S/C11H16F3NO3S/c1-7(2)19-5-8(16)15-4-3-10(6-15,9(17)18)11(12,13)14/h7H,3-6H2,1-2H3,(H,17,18). The number of hydrogen-bond acceptors (Lipinski definition) is 3. The third-order valence-corrected chi connectivity index (χ3v) is 4.19. The van der Waals surface area contributed by atoms with E-state index in [1.807, 2.05) is 13.8 Å². The molecule has 1 rings (SSSR count). The van der Waals surface area contributed by atoms with Gasteiger partial charge in [-0.1, -0.05) is 13.8 Å². The average molecular weight is 299 g/mol. The van der Waals surface area contributed by atoms with Crippen molar-refractivity contribution in [1.82, 2.24) is 4.90 Å². The van der Waals surface area contributed by atoms with Gasteiger partial charge in [-0.25, -0.2) is 0 Å². The Bertz CT molecular complexity index is 373. The number of thioether (sulfide) groups is 1. The van der Waals surface area contributed by atoms with Crippen LogP contribution in [0.15, 0.2) is 0 Å². The van der Waals surface area contributed by atoms with Gasteiger partial charge in [-0.15, -0.1) is 11.8 Å². The Hall–Kier alpha value is -0.920. The molecule has 0 aromatic carbocycles. The number of aliphatic carboxylic acids is 1. The molecule has 8 heteroatoms. The first kappa shape index (κ1) is 16.1. The van der Waals surface area contributed by atoms with Crippen LogP contribution in [0.1, 0.15) is 20.3 Å². The largest absolute Gasteiger partial charge is 0.481 e. The highest BCUT2D eigenvalue weighted by Crippen LogP contribution is 2.45. The van der Waals surface area contributed by atoms with E-state index in [1.54, 1.807) is 0 Å². The van der Waals surface area contributed by atoms with Crippen molar-refractivity contribution in [3.05, 3.63) is 0 Å². The minimum Gasteiger partial charge on any atom is -0.481 e. The SMILES string of the molecule is CC(C)SCC(=O)N1CCC(C(=O)O)(C(F)(F)F)C1. The lowest BCUT2D eigenvalue weighted by molar-refractivity contribution is -0.227. The van der Waals surface area contributed by atoms with Crippen LogP contribution in [0.5, 0.6) is 0 Å². The molecule has 0 aromatic heterocycles. The number of alkyl halides is 3. The molecule has 0 aromatic rings. The number of hydrogen-bond donors (Lipinski definition) is 1. The van der Waals surface area contributed by atoms with Crippen LogP contribution >= 0.6 is 11.8 Å². The normalized spacial score (nSPS) is 24.0. The lowest BCUT2D eigenvalue weighted by Gasteiger charge is -2.27. The highest BCUT2D eigenvalue weighted by Gasteiger charge is 2.64. The molecule has 0 aliphatic carbocycles. The van der Waals surface area contributed by atoms with E-state index in [0.717, 1.165) is 4.90 Å². The molecule has 1 amide bonds. The predicted molar refractivity (Wildman–Crippen MR) is 64.9 cm³/mol. The van der Waals surface area contributed by atoms with Crippen molar-refractivity contribution in [3.63, 3.8) is 0 Å². The maximum atomic E-state index is 12.9. The summed E-state index contributed by atoms with van der Waals surface area (Å²) in [5.41, 5.74) is -2.81. The predicted octanol–water partition coefficient (Wildman–Crippen LogP) is 1.99. The summed E-state index contributed by atoms with van der Waals surface area (Å²) in [5, 5.41) is 9.05. The van der Waals surface area contributed by atoms with E-state index < -0.39 is 36.4 Å². The van der Waals surface area contributed by atoms with Crippen molar-refractivity contribution in [3.8, 4) is 0 Å². The van der Waals surface area contributed by atoms with Gasteiger partial charge in [0.1, 0.15) is 0 Å². The van der Waals surface area contributed by atoms with Gasteiger partial charge in [-0.2, -0.15) is 13.2 Å². The second kappa shape index (κ2) is 5.60. The van der Waals surface area contributed by atoms with Crippen LogP contribution in [0.25, 0.3) is 0 Å². The number of amides is 1. The van der Waals surface area contributed by atoms with Gasteiger partial charge in [-0.05, 0) is 11.7 Å². The summed E-state index contributed by atoms with van der Waals surface area (Å²) in [6.45, 7) is 2.80. The molecule has 0 spiro atoms. The van der Waals surface area contributed by atoms with Crippen molar-refractivity contribution >= 4 is 23.6 Å². The maximum Gasteiger partial charge on any atom is 0.406 e. The molecule has 1 fully saturated rings. The molecule has 4 nitrogen and oxygen atoms in total. The number of carbonyl (C=O) groups is 2.